The van der Waals surface area contributed by atoms with E-state index in [1.165, 1.54) is 11.3 Å². The zero-order valence-electron chi connectivity index (χ0n) is 6.86. The van der Waals surface area contributed by atoms with Gasteiger partial charge in [0.1, 0.15) is 4.88 Å². The molecule has 14 heavy (non-hydrogen) atoms. The Bertz CT molecular complexity index is 417. The summed E-state index contributed by atoms with van der Waals surface area (Å²) >= 11 is 4.34. The Morgan fingerprint density at radius 1 is 1.64 bits per heavy atom. The number of carbonyl (C=O) groups excluding carboxylic acids is 1. The molecule has 0 saturated carbocycles. The molecule has 5 nitrogen and oxygen atoms in total. The molecule has 0 bridgehead atoms. The lowest BCUT2D eigenvalue weighted by atomic mass is 10.2. The maximum absolute atomic E-state index is 11.6. The lowest BCUT2D eigenvalue weighted by Crippen LogP contribution is -2.40. The number of carboxylic acid groups (broad SMARTS) is 1. The Morgan fingerprint density at radius 3 is 3.00 bits per heavy atom. The Balaban J connectivity index is 2.40. The van der Waals surface area contributed by atoms with Gasteiger partial charge in [0.15, 0.2) is 3.92 Å². The van der Waals surface area contributed by atoms with Crippen molar-refractivity contribution in [2.45, 2.75) is 6.42 Å². The van der Waals surface area contributed by atoms with Gasteiger partial charge >= 0.3 is 6.09 Å². The van der Waals surface area contributed by atoms with Gasteiger partial charge < -0.3 is 5.11 Å². The zero-order valence-corrected chi connectivity index (χ0v) is 9.26. The van der Waals surface area contributed by atoms with Crippen molar-refractivity contribution < 1.29 is 14.7 Å². The first-order chi connectivity index (χ1) is 6.59. The SMILES string of the molecule is O=C(O)N1CCc2nc(Br)sc2C1=O. The number of fused-ring (bicyclic) bond motifs is 1. The van der Waals surface area contributed by atoms with Crippen LogP contribution < -0.4 is 0 Å². The summed E-state index contributed by atoms with van der Waals surface area (Å²) in [6.45, 7) is 0.192. The third-order valence-corrected chi connectivity index (χ3v) is 3.45. The molecule has 74 valence electrons. The minimum atomic E-state index is -1.20. The van der Waals surface area contributed by atoms with E-state index in [2.05, 4.69) is 20.9 Å². The number of hydrogen-bond donors (Lipinski definition) is 1. The van der Waals surface area contributed by atoms with Gasteiger partial charge in [0, 0.05) is 13.0 Å². The van der Waals surface area contributed by atoms with Crippen molar-refractivity contribution >= 4 is 39.3 Å². The fourth-order valence-corrected chi connectivity index (χ4v) is 2.77. The van der Waals surface area contributed by atoms with Crippen LogP contribution in [0, 0.1) is 0 Å². The van der Waals surface area contributed by atoms with E-state index in [-0.39, 0.29) is 6.54 Å². The van der Waals surface area contributed by atoms with Gasteiger partial charge in [-0.1, -0.05) is 0 Å². The average Bonchev–Trinajstić information content (AvgIpc) is 2.46. The van der Waals surface area contributed by atoms with Crippen molar-refractivity contribution in [3.8, 4) is 0 Å². The molecule has 1 aromatic rings. The molecule has 0 aromatic carbocycles. The predicted molar refractivity (Wildman–Crippen MR) is 52.6 cm³/mol. The number of amides is 2. The van der Waals surface area contributed by atoms with Crippen LogP contribution in [0.15, 0.2) is 3.92 Å². The summed E-state index contributed by atoms with van der Waals surface area (Å²) in [6, 6.07) is 0. The van der Waals surface area contributed by atoms with Crippen molar-refractivity contribution in [1.29, 1.82) is 0 Å². The molecule has 0 aliphatic carbocycles. The lowest BCUT2D eigenvalue weighted by molar-refractivity contribution is 0.0731. The largest absolute Gasteiger partial charge is 0.465 e. The summed E-state index contributed by atoms with van der Waals surface area (Å²) in [4.78, 5) is 27.5. The molecule has 0 unspecified atom stereocenters. The molecular weight excluding hydrogens is 272 g/mol. The second kappa shape index (κ2) is 3.32. The molecule has 2 heterocycles. The average molecular weight is 277 g/mol. The van der Waals surface area contributed by atoms with E-state index in [0.29, 0.717) is 20.9 Å². The van der Waals surface area contributed by atoms with Crippen LogP contribution in [0.3, 0.4) is 0 Å². The number of rotatable bonds is 0. The quantitative estimate of drug-likeness (QED) is 0.781. The fraction of sp³-hybridized carbons (Fsp3) is 0.286. The number of aromatic nitrogens is 1. The molecular formula is C7H5BrN2O3S. The van der Waals surface area contributed by atoms with E-state index >= 15 is 0 Å². The van der Waals surface area contributed by atoms with Crippen LogP contribution in [-0.2, 0) is 6.42 Å². The van der Waals surface area contributed by atoms with Gasteiger partial charge in [-0.15, -0.1) is 11.3 Å². The molecule has 2 amide bonds. The highest BCUT2D eigenvalue weighted by molar-refractivity contribution is 9.11. The summed E-state index contributed by atoms with van der Waals surface area (Å²) < 4.78 is 0.614. The maximum Gasteiger partial charge on any atom is 0.414 e. The van der Waals surface area contributed by atoms with Gasteiger partial charge in [-0.2, -0.15) is 0 Å². The highest BCUT2D eigenvalue weighted by atomic mass is 79.9. The smallest absolute Gasteiger partial charge is 0.414 e. The summed E-state index contributed by atoms with van der Waals surface area (Å²) in [5.74, 6) is -0.470. The maximum atomic E-state index is 11.6. The van der Waals surface area contributed by atoms with Crippen LogP contribution in [0.5, 0.6) is 0 Å². The van der Waals surface area contributed by atoms with E-state index < -0.39 is 12.0 Å². The van der Waals surface area contributed by atoms with Gasteiger partial charge in [-0.05, 0) is 15.9 Å². The second-order valence-electron chi connectivity index (χ2n) is 2.73. The number of halogens is 1. The first-order valence-corrected chi connectivity index (χ1v) is 5.40. The van der Waals surface area contributed by atoms with E-state index in [9.17, 15) is 9.59 Å². The number of imide groups is 1. The van der Waals surface area contributed by atoms with Gasteiger partial charge in [0.05, 0.1) is 5.69 Å². The van der Waals surface area contributed by atoms with E-state index in [1.807, 2.05) is 0 Å². The van der Waals surface area contributed by atoms with Crippen LogP contribution in [0.2, 0.25) is 0 Å². The van der Waals surface area contributed by atoms with Gasteiger partial charge in [0.25, 0.3) is 5.91 Å². The van der Waals surface area contributed by atoms with Crippen molar-refractivity contribution in [3.05, 3.63) is 14.5 Å². The van der Waals surface area contributed by atoms with Gasteiger partial charge in [-0.3, -0.25) is 4.79 Å². The van der Waals surface area contributed by atoms with Gasteiger partial charge in [0.2, 0.25) is 0 Å². The van der Waals surface area contributed by atoms with Crippen molar-refractivity contribution in [1.82, 2.24) is 9.88 Å². The molecule has 0 spiro atoms. The minimum Gasteiger partial charge on any atom is -0.465 e. The Labute approximate surface area is 91.5 Å². The number of carbonyl (C=O) groups is 2. The molecule has 0 fully saturated rings. The Morgan fingerprint density at radius 2 is 2.36 bits per heavy atom. The van der Waals surface area contributed by atoms with E-state index in [1.54, 1.807) is 0 Å². The van der Waals surface area contributed by atoms with E-state index in [0.717, 1.165) is 4.90 Å². The van der Waals surface area contributed by atoms with Crippen molar-refractivity contribution in [2.24, 2.45) is 0 Å². The molecule has 0 saturated heterocycles. The molecule has 1 aliphatic heterocycles. The fourth-order valence-electron chi connectivity index (χ4n) is 1.28. The predicted octanol–water partition coefficient (Wildman–Crippen LogP) is 1.58. The Hall–Kier alpha value is -0.950. The first kappa shape index (κ1) is 9.60. The van der Waals surface area contributed by atoms with Crippen molar-refractivity contribution in [3.63, 3.8) is 0 Å². The Kier molecular flexibility index (Phi) is 2.28. The lowest BCUT2D eigenvalue weighted by Gasteiger charge is -2.20. The van der Waals surface area contributed by atoms with Crippen LogP contribution in [0.1, 0.15) is 15.4 Å². The molecule has 0 atom stereocenters. The number of hydrogen-bond acceptors (Lipinski definition) is 4. The zero-order chi connectivity index (χ0) is 10.3. The molecule has 1 N–H and O–H groups in total. The molecule has 1 aromatic heterocycles. The molecule has 0 radical (unpaired) electrons. The third-order valence-electron chi connectivity index (χ3n) is 1.91. The summed E-state index contributed by atoms with van der Waals surface area (Å²) in [5.41, 5.74) is 0.685. The molecule has 7 heteroatoms. The van der Waals surface area contributed by atoms with E-state index in [4.69, 9.17) is 5.11 Å². The van der Waals surface area contributed by atoms with Crippen LogP contribution in [0.4, 0.5) is 4.79 Å². The molecule has 2 rings (SSSR count). The second-order valence-corrected chi connectivity index (χ2v) is 5.01. The summed E-state index contributed by atoms with van der Waals surface area (Å²) in [5, 5.41) is 8.72. The summed E-state index contributed by atoms with van der Waals surface area (Å²) in [7, 11) is 0. The highest BCUT2D eigenvalue weighted by Gasteiger charge is 2.31. The topological polar surface area (TPSA) is 70.5 Å². The standard InChI is InChI=1S/C7H5BrN2O3S/c8-6-9-3-1-2-10(7(12)13)5(11)4(3)14-6/h1-2H2,(H,12,13). The minimum absolute atomic E-state index is 0.192. The molecule has 1 aliphatic rings. The third kappa shape index (κ3) is 1.42. The van der Waals surface area contributed by atoms with Crippen LogP contribution in [0.25, 0.3) is 0 Å². The number of nitrogens with zero attached hydrogens (tertiary/aromatic N) is 2. The summed E-state index contributed by atoms with van der Waals surface area (Å²) in [6.07, 6.45) is -0.708. The first-order valence-electron chi connectivity index (χ1n) is 3.79. The van der Waals surface area contributed by atoms with Crippen molar-refractivity contribution in [2.75, 3.05) is 6.54 Å². The highest BCUT2D eigenvalue weighted by Crippen LogP contribution is 2.28. The van der Waals surface area contributed by atoms with Crippen LogP contribution in [-0.4, -0.2) is 33.5 Å². The monoisotopic (exact) mass is 276 g/mol. The van der Waals surface area contributed by atoms with Gasteiger partial charge in [-0.25, -0.2) is 14.7 Å². The number of thiazole rings is 1. The normalized spacial score (nSPS) is 15.5. The van der Waals surface area contributed by atoms with Crippen LogP contribution >= 0.6 is 27.3 Å².